The number of aromatic nitrogens is 2. The highest BCUT2D eigenvalue weighted by atomic mass is 35.7. The van der Waals surface area contributed by atoms with E-state index in [1.807, 2.05) is 6.92 Å². The Morgan fingerprint density at radius 2 is 2.22 bits per heavy atom. The van der Waals surface area contributed by atoms with Gasteiger partial charge in [0.1, 0.15) is 10.3 Å². The molecule has 18 heavy (non-hydrogen) atoms. The van der Waals surface area contributed by atoms with Gasteiger partial charge in [-0.15, -0.1) is 10.2 Å². The van der Waals surface area contributed by atoms with Crippen molar-refractivity contribution in [2.45, 2.75) is 31.4 Å². The molecule has 0 N–H and O–H groups in total. The van der Waals surface area contributed by atoms with Crippen molar-refractivity contribution in [2.24, 2.45) is 0 Å². The number of carbonyl (C=O) groups is 1. The van der Waals surface area contributed by atoms with Gasteiger partial charge in [-0.2, -0.15) is 0 Å². The fraction of sp³-hybridized carbons (Fsp3) is 0.667. The van der Waals surface area contributed by atoms with Crippen LogP contribution in [-0.4, -0.2) is 36.3 Å². The molecule has 0 spiro atoms. The summed E-state index contributed by atoms with van der Waals surface area (Å²) in [6, 6.07) is 0. The van der Waals surface area contributed by atoms with Crippen molar-refractivity contribution in [3.63, 3.8) is 0 Å². The highest BCUT2D eigenvalue weighted by Gasteiger charge is 2.39. The predicted molar refractivity (Wildman–Crippen MR) is 69.4 cm³/mol. The molecule has 6 nitrogen and oxygen atoms in total. The molecule has 1 atom stereocenters. The molecule has 0 saturated carbocycles. The van der Waals surface area contributed by atoms with Crippen LogP contribution in [0.3, 0.4) is 0 Å². The number of rotatable bonds is 4. The van der Waals surface area contributed by atoms with E-state index in [9.17, 15) is 13.2 Å². The Labute approximate surface area is 113 Å². The Morgan fingerprint density at radius 1 is 1.50 bits per heavy atom. The third-order valence-corrected chi connectivity index (χ3v) is 5.51. The molecule has 100 valence electrons. The Bertz CT molecular complexity index is 557. The fourth-order valence-corrected chi connectivity index (χ4v) is 3.71. The second-order valence-electron chi connectivity index (χ2n) is 4.03. The van der Waals surface area contributed by atoms with Crippen molar-refractivity contribution in [1.82, 2.24) is 10.2 Å². The van der Waals surface area contributed by atoms with E-state index in [0.29, 0.717) is 5.13 Å². The first kappa shape index (κ1) is 13.7. The molecule has 2 rings (SSSR count). The lowest BCUT2D eigenvalue weighted by Crippen LogP contribution is -2.26. The molecule has 1 aliphatic rings. The van der Waals surface area contributed by atoms with Crippen molar-refractivity contribution in [1.29, 1.82) is 0 Å². The molecule has 1 amide bonds. The zero-order chi connectivity index (χ0) is 13.3. The maximum Gasteiger partial charge on any atom is 0.237 e. The lowest BCUT2D eigenvalue weighted by Gasteiger charge is -2.10. The van der Waals surface area contributed by atoms with Gasteiger partial charge in [0.15, 0.2) is 0 Å². The number of anilines is 1. The number of hydrogen-bond donors (Lipinski definition) is 0. The van der Waals surface area contributed by atoms with Crippen molar-refractivity contribution >= 4 is 42.1 Å². The van der Waals surface area contributed by atoms with Gasteiger partial charge in [0.05, 0.1) is 0 Å². The minimum Gasteiger partial charge on any atom is -0.285 e. The van der Waals surface area contributed by atoms with Gasteiger partial charge in [0.2, 0.25) is 20.1 Å². The zero-order valence-electron chi connectivity index (χ0n) is 9.67. The van der Waals surface area contributed by atoms with E-state index in [1.165, 1.54) is 16.2 Å². The SMILES string of the molecule is CCCc1nnc(N2CC(S(=O)(=O)Cl)CC2=O)s1. The second kappa shape index (κ2) is 5.10. The highest BCUT2D eigenvalue weighted by molar-refractivity contribution is 8.14. The summed E-state index contributed by atoms with van der Waals surface area (Å²) in [5.74, 6) is -0.275. The number of amides is 1. The molecule has 0 aromatic carbocycles. The summed E-state index contributed by atoms with van der Waals surface area (Å²) in [6.07, 6.45) is 1.66. The molecular weight excluding hydrogens is 298 g/mol. The van der Waals surface area contributed by atoms with E-state index in [0.717, 1.165) is 17.8 Å². The van der Waals surface area contributed by atoms with Gasteiger partial charge >= 0.3 is 0 Å². The number of carbonyl (C=O) groups excluding carboxylic acids is 1. The van der Waals surface area contributed by atoms with Gasteiger partial charge in [-0.3, -0.25) is 9.69 Å². The van der Waals surface area contributed by atoms with Crippen LogP contribution in [0.2, 0.25) is 0 Å². The maximum absolute atomic E-state index is 11.7. The van der Waals surface area contributed by atoms with Crippen LogP contribution in [0.4, 0.5) is 5.13 Å². The second-order valence-corrected chi connectivity index (χ2v) is 7.98. The lowest BCUT2D eigenvalue weighted by molar-refractivity contribution is -0.117. The average molecular weight is 310 g/mol. The Kier molecular flexibility index (Phi) is 3.88. The molecule has 1 fully saturated rings. The molecule has 0 radical (unpaired) electrons. The Hall–Kier alpha value is -0.730. The van der Waals surface area contributed by atoms with Gasteiger partial charge in [0.25, 0.3) is 0 Å². The highest BCUT2D eigenvalue weighted by Crippen LogP contribution is 2.29. The van der Waals surface area contributed by atoms with Gasteiger partial charge in [-0.25, -0.2) is 8.42 Å². The summed E-state index contributed by atoms with van der Waals surface area (Å²) >= 11 is 1.32. The Balaban J connectivity index is 2.16. The molecule has 1 aliphatic heterocycles. The van der Waals surface area contributed by atoms with E-state index >= 15 is 0 Å². The van der Waals surface area contributed by atoms with Crippen molar-refractivity contribution in [3.8, 4) is 0 Å². The number of nitrogens with zero attached hydrogens (tertiary/aromatic N) is 3. The van der Waals surface area contributed by atoms with Crippen molar-refractivity contribution < 1.29 is 13.2 Å². The quantitative estimate of drug-likeness (QED) is 0.780. The summed E-state index contributed by atoms with van der Waals surface area (Å²) in [7, 11) is 1.56. The molecule has 2 heterocycles. The van der Waals surface area contributed by atoms with E-state index in [4.69, 9.17) is 10.7 Å². The Morgan fingerprint density at radius 3 is 2.78 bits per heavy atom. The average Bonchev–Trinajstić information content (AvgIpc) is 2.84. The van der Waals surface area contributed by atoms with Gasteiger partial charge in [-0.1, -0.05) is 18.3 Å². The van der Waals surface area contributed by atoms with Crippen LogP contribution in [0.5, 0.6) is 0 Å². The fourth-order valence-electron chi connectivity index (χ4n) is 1.72. The van der Waals surface area contributed by atoms with E-state index in [-0.39, 0.29) is 18.9 Å². The molecule has 0 aliphatic carbocycles. The summed E-state index contributed by atoms with van der Waals surface area (Å²) < 4.78 is 22.4. The summed E-state index contributed by atoms with van der Waals surface area (Å²) in [5.41, 5.74) is 0. The van der Waals surface area contributed by atoms with Crippen LogP contribution < -0.4 is 4.90 Å². The number of hydrogen-bond acceptors (Lipinski definition) is 6. The van der Waals surface area contributed by atoms with Gasteiger partial charge in [-0.05, 0) is 6.42 Å². The van der Waals surface area contributed by atoms with Gasteiger partial charge in [0, 0.05) is 30.1 Å². The summed E-state index contributed by atoms with van der Waals surface area (Å²) in [4.78, 5) is 13.1. The predicted octanol–water partition coefficient (Wildman–Crippen LogP) is 1.16. The first-order valence-electron chi connectivity index (χ1n) is 5.48. The lowest BCUT2D eigenvalue weighted by atomic mass is 10.4. The third-order valence-electron chi connectivity index (χ3n) is 2.64. The van der Waals surface area contributed by atoms with Crippen LogP contribution in [0.15, 0.2) is 0 Å². The van der Waals surface area contributed by atoms with E-state index in [1.54, 1.807) is 0 Å². The largest absolute Gasteiger partial charge is 0.285 e. The first-order valence-corrected chi connectivity index (χ1v) is 8.67. The zero-order valence-corrected chi connectivity index (χ0v) is 12.1. The monoisotopic (exact) mass is 309 g/mol. The van der Waals surface area contributed by atoms with Crippen LogP contribution >= 0.6 is 22.0 Å². The third kappa shape index (κ3) is 2.81. The van der Waals surface area contributed by atoms with Crippen molar-refractivity contribution in [2.75, 3.05) is 11.4 Å². The van der Waals surface area contributed by atoms with Crippen LogP contribution in [0.25, 0.3) is 0 Å². The minimum absolute atomic E-state index is 0.0609. The summed E-state index contributed by atoms with van der Waals surface area (Å²) in [5, 5.41) is 8.32. The smallest absolute Gasteiger partial charge is 0.237 e. The molecule has 0 bridgehead atoms. The standard InChI is InChI=1S/C9H12ClN3O3S2/c1-2-3-7-11-12-9(17-7)13-5-6(4-8(13)14)18(10,15)16/h6H,2-5H2,1H3. The molecule has 1 aromatic heterocycles. The van der Waals surface area contributed by atoms with Crippen molar-refractivity contribution in [3.05, 3.63) is 5.01 Å². The number of aryl methyl sites for hydroxylation is 1. The number of halogens is 1. The van der Waals surface area contributed by atoms with E-state index in [2.05, 4.69) is 10.2 Å². The minimum atomic E-state index is -3.71. The molecule has 1 aromatic rings. The summed E-state index contributed by atoms with van der Waals surface area (Å²) in [6.45, 7) is 2.09. The molecule has 1 unspecified atom stereocenters. The van der Waals surface area contributed by atoms with Gasteiger partial charge < -0.3 is 0 Å². The first-order chi connectivity index (χ1) is 8.41. The van der Waals surface area contributed by atoms with Crippen LogP contribution in [0.1, 0.15) is 24.8 Å². The maximum atomic E-state index is 11.7. The van der Waals surface area contributed by atoms with Crippen LogP contribution in [-0.2, 0) is 20.3 Å². The molecular formula is C9H12ClN3O3S2. The topological polar surface area (TPSA) is 80.2 Å². The van der Waals surface area contributed by atoms with E-state index < -0.39 is 14.3 Å². The normalized spacial score (nSPS) is 20.7. The molecule has 1 saturated heterocycles. The molecule has 9 heteroatoms. The van der Waals surface area contributed by atoms with Crippen LogP contribution in [0, 0.1) is 0 Å².